The molecule has 0 aromatic heterocycles. The summed E-state index contributed by atoms with van der Waals surface area (Å²) in [5.41, 5.74) is 1.51. The summed E-state index contributed by atoms with van der Waals surface area (Å²) in [5, 5.41) is 9.72. The van der Waals surface area contributed by atoms with E-state index in [0.29, 0.717) is 11.7 Å². The van der Waals surface area contributed by atoms with Crippen LogP contribution in [0.4, 0.5) is 0 Å². The van der Waals surface area contributed by atoms with Gasteiger partial charge in [-0.25, -0.2) is 0 Å². The SMILES string of the molecule is CN(C)CC1CCCC[C@]1(C)c1cccc(O)c1. The fourth-order valence-corrected chi connectivity index (χ4v) is 3.38. The summed E-state index contributed by atoms with van der Waals surface area (Å²) >= 11 is 0. The third-order valence-electron chi connectivity index (χ3n) is 4.49. The zero-order chi connectivity index (χ0) is 13.2. The molecule has 1 N–H and O–H groups in total. The molecule has 2 nitrogen and oxygen atoms in total. The summed E-state index contributed by atoms with van der Waals surface area (Å²) in [6.45, 7) is 3.50. The molecule has 0 heterocycles. The molecule has 2 rings (SSSR count). The van der Waals surface area contributed by atoms with Crippen molar-refractivity contribution in [3.05, 3.63) is 29.8 Å². The van der Waals surface area contributed by atoms with Gasteiger partial charge in [0.1, 0.15) is 5.75 Å². The first-order chi connectivity index (χ1) is 8.52. The zero-order valence-corrected chi connectivity index (χ0v) is 11.8. The maximum absolute atomic E-state index is 9.72. The van der Waals surface area contributed by atoms with Crippen LogP contribution in [0.3, 0.4) is 0 Å². The zero-order valence-electron chi connectivity index (χ0n) is 11.8. The Kier molecular flexibility index (Phi) is 3.96. The van der Waals surface area contributed by atoms with Gasteiger partial charge in [-0.2, -0.15) is 0 Å². The third-order valence-corrected chi connectivity index (χ3v) is 4.49. The highest BCUT2D eigenvalue weighted by atomic mass is 16.3. The summed E-state index contributed by atoms with van der Waals surface area (Å²) in [4.78, 5) is 2.29. The number of hydrogen-bond donors (Lipinski definition) is 1. The van der Waals surface area contributed by atoms with E-state index < -0.39 is 0 Å². The standard InChI is InChI=1S/C16H25NO/c1-16(13-8-6-9-15(18)11-13)10-5-4-7-14(16)12-17(2)3/h6,8-9,11,14,18H,4-5,7,10,12H2,1-3H3/t14?,16-/m1/s1. The van der Waals surface area contributed by atoms with Crippen molar-refractivity contribution in [1.29, 1.82) is 0 Å². The van der Waals surface area contributed by atoms with Crippen LogP contribution in [0.1, 0.15) is 38.2 Å². The molecule has 18 heavy (non-hydrogen) atoms. The van der Waals surface area contributed by atoms with Crippen LogP contribution in [0.5, 0.6) is 5.75 Å². The predicted molar refractivity (Wildman–Crippen MR) is 76.0 cm³/mol. The van der Waals surface area contributed by atoms with Crippen molar-refractivity contribution in [2.45, 2.75) is 38.0 Å². The van der Waals surface area contributed by atoms with E-state index in [1.54, 1.807) is 6.07 Å². The van der Waals surface area contributed by atoms with Gasteiger partial charge in [-0.15, -0.1) is 0 Å². The van der Waals surface area contributed by atoms with Crippen molar-refractivity contribution in [2.75, 3.05) is 20.6 Å². The Bertz CT molecular complexity index is 402. The summed E-state index contributed by atoms with van der Waals surface area (Å²) in [6.07, 6.45) is 5.17. The van der Waals surface area contributed by atoms with Crippen molar-refractivity contribution in [3.63, 3.8) is 0 Å². The molecule has 1 unspecified atom stereocenters. The van der Waals surface area contributed by atoms with Crippen molar-refractivity contribution >= 4 is 0 Å². The van der Waals surface area contributed by atoms with Crippen molar-refractivity contribution in [1.82, 2.24) is 4.90 Å². The maximum atomic E-state index is 9.72. The summed E-state index contributed by atoms with van der Waals surface area (Å²) < 4.78 is 0. The fraction of sp³-hybridized carbons (Fsp3) is 0.625. The van der Waals surface area contributed by atoms with Gasteiger partial charge in [-0.1, -0.05) is 31.9 Å². The van der Waals surface area contributed by atoms with E-state index in [-0.39, 0.29) is 5.41 Å². The highest BCUT2D eigenvalue weighted by molar-refractivity contribution is 5.33. The van der Waals surface area contributed by atoms with Crippen LogP contribution < -0.4 is 0 Å². The Balaban J connectivity index is 2.29. The van der Waals surface area contributed by atoms with Gasteiger partial charge in [0.15, 0.2) is 0 Å². The maximum Gasteiger partial charge on any atom is 0.115 e. The summed E-state index contributed by atoms with van der Waals surface area (Å²) in [6, 6.07) is 7.86. The van der Waals surface area contributed by atoms with Crippen LogP contribution in [-0.2, 0) is 5.41 Å². The first-order valence-corrected chi connectivity index (χ1v) is 6.96. The average molecular weight is 247 g/mol. The lowest BCUT2D eigenvalue weighted by Gasteiger charge is -2.43. The molecule has 2 atom stereocenters. The molecular weight excluding hydrogens is 222 g/mol. The fourth-order valence-electron chi connectivity index (χ4n) is 3.38. The number of hydrogen-bond acceptors (Lipinski definition) is 2. The molecule has 100 valence electrons. The Morgan fingerprint density at radius 1 is 1.33 bits per heavy atom. The predicted octanol–water partition coefficient (Wildman–Crippen LogP) is 3.40. The van der Waals surface area contributed by atoms with Gasteiger partial charge in [-0.05, 0) is 56.0 Å². The molecule has 1 aliphatic carbocycles. The Hall–Kier alpha value is -1.02. The van der Waals surface area contributed by atoms with Crippen LogP contribution in [0, 0.1) is 5.92 Å². The first kappa shape index (κ1) is 13.4. The van der Waals surface area contributed by atoms with Crippen LogP contribution in [-0.4, -0.2) is 30.6 Å². The van der Waals surface area contributed by atoms with Gasteiger partial charge in [0.05, 0.1) is 0 Å². The molecule has 1 aromatic rings. The lowest BCUT2D eigenvalue weighted by atomic mass is 9.63. The second-order valence-corrected chi connectivity index (χ2v) is 6.17. The van der Waals surface area contributed by atoms with Gasteiger partial charge in [0, 0.05) is 6.54 Å². The summed E-state index contributed by atoms with van der Waals surface area (Å²) in [7, 11) is 4.30. The number of phenols is 1. The average Bonchev–Trinajstić information content (AvgIpc) is 2.32. The minimum Gasteiger partial charge on any atom is -0.508 e. The second kappa shape index (κ2) is 5.31. The van der Waals surface area contributed by atoms with E-state index in [1.807, 2.05) is 12.1 Å². The minimum absolute atomic E-state index is 0.210. The van der Waals surface area contributed by atoms with E-state index in [2.05, 4.69) is 32.0 Å². The first-order valence-electron chi connectivity index (χ1n) is 6.96. The van der Waals surface area contributed by atoms with E-state index in [1.165, 1.54) is 31.2 Å². The number of aromatic hydroxyl groups is 1. The second-order valence-electron chi connectivity index (χ2n) is 6.17. The molecular formula is C16H25NO. The number of phenolic OH excluding ortho intramolecular Hbond substituents is 1. The summed E-state index contributed by atoms with van der Waals surface area (Å²) in [5.74, 6) is 1.07. The Morgan fingerprint density at radius 3 is 2.78 bits per heavy atom. The minimum atomic E-state index is 0.210. The molecule has 1 aromatic carbocycles. The van der Waals surface area contributed by atoms with Gasteiger partial charge in [0.2, 0.25) is 0 Å². The highest BCUT2D eigenvalue weighted by Gasteiger charge is 2.38. The molecule has 0 radical (unpaired) electrons. The molecule has 1 saturated carbocycles. The smallest absolute Gasteiger partial charge is 0.115 e. The molecule has 0 aliphatic heterocycles. The van der Waals surface area contributed by atoms with Gasteiger partial charge in [0.25, 0.3) is 0 Å². The third kappa shape index (κ3) is 2.69. The Morgan fingerprint density at radius 2 is 2.11 bits per heavy atom. The van der Waals surface area contributed by atoms with E-state index >= 15 is 0 Å². The molecule has 0 spiro atoms. The largest absolute Gasteiger partial charge is 0.508 e. The topological polar surface area (TPSA) is 23.5 Å². The van der Waals surface area contributed by atoms with Gasteiger partial charge in [-0.3, -0.25) is 0 Å². The lowest BCUT2D eigenvalue weighted by Crippen LogP contribution is -2.40. The van der Waals surface area contributed by atoms with E-state index in [9.17, 15) is 5.11 Å². The quantitative estimate of drug-likeness (QED) is 0.885. The van der Waals surface area contributed by atoms with Crippen LogP contribution >= 0.6 is 0 Å². The monoisotopic (exact) mass is 247 g/mol. The van der Waals surface area contributed by atoms with Crippen molar-refractivity contribution in [3.8, 4) is 5.75 Å². The van der Waals surface area contributed by atoms with Crippen LogP contribution in [0.25, 0.3) is 0 Å². The normalized spacial score (nSPS) is 28.6. The molecule has 1 fully saturated rings. The van der Waals surface area contributed by atoms with E-state index in [0.717, 1.165) is 6.54 Å². The highest BCUT2D eigenvalue weighted by Crippen LogP contribution is 2.44. The van der Waals surface area contributed by atoms with Gasteiger partial charge >= 0.3 is 0 Å². The number of rotatable bonds is 3. The number of benzene rings is 1. The van der Waals surface area contributed by atoms with Crippen LogP contribution in [0.2, 0.25) is 0 Å². The Labute approximate surface area is 111 Å². The molecule has 0 amide bonds. The van der Waals surface area contributed by atoms with Crippen molar-refractivity contribution in [2.24, 2.45) is 5.92 Å². The molecule has 0 bridgehead atoms. The van der Waals surface area contributed by atoms with Crippen LogP contribution in [0.15, 0.2) is 24.3 Å². The molecule has 2 heteroatoms. The lowest BCUT2D eigenvalue weighted by molar-refractivity contribution is 0.160. The van der Waals surface area contributed by atoms with Gasteiger partial charge < -0.3 is 10.0 Å². The molecule has 1 aliphatic rings. The molecule has 0 saturated heterocycles. The van der Waals surface area contributed by atoms with Crippen molar-refractivity contribution < 1.29 is 5.11 Å². The van der Waals surface area contributed by atoms with E-state index in [4.69, 9.17) is 0 Å². The number of nitrogens with zero attached hydrogens (tertiary/aromatic N) is 1.